The van der Waals surface area contributed by atoms with Crippen LogP contribution in [0.3, 0.4) is 0 Å². The third-order valence-corrected chi connectivity index (χ3v) is 13.0. The minimum Gasteiger partial charge on any atom is -0.547 e. The number of amides is 1. The first-order chi connectivity index (χ1) is 19.6. The molecule has 2 aliphatic rings. The van der Waals surface area contributed by atoms with Gasteiger partial charge >= 0.3 is 0 Å². The average Bonchev–Trinajstić information content (AvgIpc) is 3.47. The fraction of sp³-hybridized carbons (Fsp3) is 0.531. The number of hydrogen-bond donors (Lipinski definition) is 0. The van der Waals surface area contributed by atoms with E-state index in [9.17, 15) is 4.79 Å². The van der Waals surface area contributed by atoms with Gasteiger partial charge in [-0.3, -0.25) is 4.79 Å². The lowest BCUT2D eigenvalue weighted by molar-refractivity contribution is -0.162. The van der Waals surface area contributed by atoms with Crippen LogP contribution in [0.4, 0.5) is 0 Å². The van der Waals surface area contributed by atoms with Gasteiger partial charge in [-0.1, -0.05) is 73.6 Å². The lowest BCUT2D eigenvalue weighted by Gasteiger charge is -2.37. The molecule has 2 heterocycles. The normalized spacial score (nSPS) is 19.5. The topological polar surface area (TPSA) is 75.7 Å². The highest BCUT2D eigenvalue weighted by molar-refractivity contribution is 9.10. The molecule has 2 aliphatic heterocycles. The molecule has 1 saturated heterocycles. The average molecular weight is 663 g/mol. The molecule has 42 heavy (non-hydrogen) atoms. The summed E-state index contributed by atoms with van der Waals surface area (Å²) in [6.07, 6.45) is -1.02. The van der Waals surface area contributed by atoms with Gasteiger partial charge in [0.2, 0.25) is 15.1 Å². The van der Waals surface area contributed by atoms with Gasteiger partial charge in [0.05, 0.1) is 19.0 Å². The molecule has 10 heteroatoms. The Balaban J connectivity index is 1.51. The highest BCUT2D eigenvalue weighted by atomic mass is 79.9. The van der Waals surface area contributed by atoms with E-state index in [0.29, 0.717) is 50.0 Å². The molecule has 0 radical (unpaired) electrons. The van der Waals surface area contributed by atoms with E-state index in [1.54, 1.807) is 4.90 Å². The van der Waals surface area contributed by atoms with E-state index in [2.05, 4.69) is 56.4 Å². The summed E-state index contributed by atoms with van der Waals surface area (Å²) in [6.45, 7) is 20.4. The quantitative estimate of drug-likeness (QED) is 0.136. The zero-order valence-corrected chi connectivity index (χ0v) is 28.4. The Morgan fingerprint density at radius 2 is 1.79 bits per heavy atom. The van der Waals surface area contributed by atoms with Crippen molar-refractivity contribution in [3.63, 3.8) is 0 Å². The van der Waals surface area contributed by atoms with Crippen LogP contribution in [0.25, 0.3) is 0 Å². The summed E-state index contributed by atoms with van der Waals surface area (Å²) in [7, 11) is -2.10. The third kappa shape index (κ3) is 8.16. The highest BCUT2D eigenvalue weighted by Crippen LogP contribution is 2.40. The summed E-state index contributed by atoms with van der Waals surface area (Å²) in [5.41, 5.74) is 1.96. The van der Waals surface area contributed by atoms with Gasteiger partial charge < -0.3 is 33.0 Å². The Kier molecular flexibility index (Phi) is 10.1. The fourth-order valence-electron chi connectivity index (χ4n) is 4.65. The van der Waals surface area contributed by atoms with Crippen LogP contribution in [0.2, 0.25) is 18.1 Å². The first-order valence-corrected chi connectivity index (χ1v) is 18.1. The lowest BCUT2D eigenvalue weighted by Crippen LogP contribution is -2.45. The maximum absolute atomic E-state index is 14.2. The van der Waals surface area contributed by atoms with E-state index in [1.165, 1.54) is 0 Å². The molecule has 2 aromatic carbocycles. The van der Waals surface area contributed by atoms with Crippen molar-refractivity contribution in [1.82, 2.24) is 4.90 Å². The molecule has 2 atom stereocenters. The molecule has 8 nitrogen and oxygen atoms in total. The van der Waals surface area contributed by atoms with Crippen molar-refractivity contribution in [1.29, 1.82) is 0 Å². The molecule has 0 saturated carbocycles. The number of halogens is 1. The Morgan fingerprint density at radius 1 is 1.12 bits per heavy atom. The van der Waals surface area contributed by atoms with Crippen molar-refractivity contribution in [2.75, 3.05) is 19.9 Å². The third-order valence-electron chi connectivity index (χ3n) is 7.89. The number of nitrogens with zero attached hydrogens (tertiary/aromatic N) is 1. The summed E-state index contributed by atoms with van der Waals surface area (Å²) >= 11 is 3.64. The van der Waals surface area contributed by atoms with Gasteiger partial charge in [0, 0.05) is 24.0 Å². The maximum Gasteiger partial charge on any atom is 0.254 e. The second kappa shape index (κ2) is 13.1. The van der Waals surface area contributed by atoms with Crippen LogP contribution in [0.1, 0.15) is 52.2 Å². The van der Waals surface area contributed by atoms with Crippen molar-refractivity contribution in [3.8, 4) is 11.5 Å². The van der Waals surface area contributed by atoms with Crippen molar-refractivity contribution >= 4 is 30.2 Å². The Labute approximate surface area is 259 Å². The van der Waals surface area contributed by atoms with E-state index >= 15 is 0 Å². The van der Waals surface area contributed by atoms with Crippen LogP contribution in [-0.2, 0) is 36.6 Å². The molecular weight excluding hydrogens is 618 g/mol. The maximum atomic E-state index is 14.2. The minimum absolute atomic E-state index is 0.0199. The number of fused-ring (bicyclic) bond motifs is 1. The van der Waals surface area contributed by atoms with Crippen LogP contribution in [-0.4, -0.2) is 57.1 Å². The molecule has 0 bridgehead atoms. The van der Waals surface area contributed by atoms with Gasteiger partial charge in [-0.15, -0.1) is 0 Å². The molecule has 0 aromatic heterocycles. The largest absolute Gasteiger partial charge is 0.547 e. The Hall–Kier alpha value is -2.37. The van der Waals surface area contributed by atoms with Gasteiger partial charge in [-0.25, -0.2) is 0 Å². The summed E-state index contributed by atoms with van der Waals surface area (Å²) in [6, 6.07) is 13.7. The van der Waals surface area contributed by atoms with Crippen LogP contribution in [0.5, 0.6) is 11.5 Å². The van der Waals surface area contributed by atoms with Crippen LogP contribution in [0, 0.1) is 0 Å². The van der Waals surface area contributed by atoms with Crippen molar-refractivity contribution in [2.45, 2.75) is 90.3 Å². The van der Waals surface area contributed by atoms with Crippen molar-refractivity contribution in [3.05, 3.63) is 70.4 Å². The van der Waals surface area contributed by atoms with Crippen LogP contribution < -0.4 is 9.47 Å². The van der Waals surface area contributed by atoms with Crippen molar-refractivity contribution < 1.29 is 32.9 Å². The van der Waals surface area contributed by atoms with Gasteiger partial charge in [-0.2, -0.15) is 0 Å². The van der Waals surface area contributed by atoms with Crippen molar-refractivity contribution in [2.24, 2.45) is 0 Å². The van der Waals surface area contributed by atoms with E-state index in [4.69, 9.17) is 28.1 Å². The van der Waals surface area contributed by atoms with E-state index in [-0.39, 0.29) is 17.7 Å². The Morgan fingerprint density at radius 3 is 2.45 bits per heavy atom. The number of rotatable bonds is 12. The monoisotopic (exact) mass is 661 g/mol. The zero-order valence-electron chi connectivity index (χ0n) is 25.8. The number of ether oxygens (including phenoxy) is 5. The number of carbonyl (C=O) groups is 1. The number of hydrogen-bond acceptors (Lipinski definition) is 7. The standard InChI is InChI=1S/C32H44BrNO7Si/c1-22(41-42(7,8)31(2,3)4)16-28-29(40-32(5,6)39-28)30(35)34(14-15-36-20-23-12-10-9-11-13-23)19-24-17-26-27(18-25(24)33)38-21-37-26/h9-13,17-18,28-29H,1,14-16,19-21H2,2-8H3/t28-,29+/m1/s1. The molecule has 0 aliphatic carbocycles. The zero-order chi connectivity index (χ0) is 30.7. The summed E-state index contributed by atoms with van der Waals surface area (Å²) < 4.78 is 36.8. The first-order valence-electron chi connectivity index (χ1n) is 14.4. The minimum atomic E-state index is -2.10. The van der Waals surface area contributed by atoms with Gasteiger partial charge in [-0.05, 0) is 55.2 Å². The molecule has 0 spiro atoms. The van der Waals surface area contributed by atoms with Gasteiger partial charge in [0.1, 0.15) is 6.10 Å². The highest BCUT2D eigenvalue weighted by Gasteiger charge is 2.48. The molecule has 230 valence electrons. The summed E-state index contributed by atoms with van der Waals surface area (Å²) in [4.78, 5) is 16.0. The van der Waals surface area contributed by atoms with Crippen LogP contribution >= 0.6 is 15.9 Å². The molecule has 4 rings (SSSR count). The molecule has 1 amide bonds. The number of benzene rings is 2. The molecule has 0 N–H and O–H groups in total. The molecule has 0 unspecified atom stereocenters. The second-order valence-corrected chi connectivity index (χ2v) is 18.4. The van der Waals surface area contributed by atoms with E-state index in [1.807, 2.05) is 56.3 Å². The van der Waals surface area contributed by atoms with E-state index < -0.39 is 26.3 Å². The predicted molar refractivity (Wildman–Crippen MR) is 168 cm³/mol. The molecule has 2 aromatic rings. The van der Waals surface area contributed by atoms with E-state index in [0.717, 1.165) is 15.6 Å². The first kappa shape index (κ1) is 32.5. The number of carbonyl (C=O) groups excluding carboxylic acids is 1. The SMILES string of the molecule is C=C(C[C@H]1OC(C)(C)O[C@@H]1C(=O)N(CCOCc1ccccc1)Cc1cc2c(cc1Br)OCO2)O[Si](C)(C)C(C)(C)C. The summed E-state index contributed by atoms with van der Waals surface area (Å²) in [5, 5.41) is 0.0199. The summed E-state index contributed by atoms with van der Waals surface area (Å²) in [5.74, 6) is 0.820. The second-order valence-electron chi connectivity index (χ2n) is 12.8. The van der Waals surface area contributed by atoms with Gasteiger partial charge in [0.15, 0.2) is 23.4 Å². The predicted octanol–water partition coefficient (Wildman–Crippen LogP) is 7.17. The lowest BCUT2D eigenvalue weighted by atomic mass is 10.1. The fourth-order valence-corrected chi connectivity index (χ4v) is 6.21. The smallest absolute Gasteiger partial charge is 0.254 e. The molecule has 1 fully saturated rings. The van der Waals surface area contributed by atoms with Crippen LogP contribution in [0.15, 0.2) is 59.3 Å². The Bertz CT molecular complexity index is 1260. The molecular formula is C32H44BrNO7Si. The van der Waals surface area contributed by atoms with Gasteiger partial charge in [0.25, 0.3) is 5.91 Å².